The first-order valence-electron chi connectivity index (χ1n) is 8.19. The van der Waals surface area contributed by atoms with E-state index in [1.807, 2.05) is 27.7 Å². The van der Waals surface area contributed by atoms with Crippen molar-refractivity contribution in [3.05, 3.63) is 48.0 Å². The Morgan fingerprint density at radius 1 is 1.15 bits per heavy atom. The molecule has 0 atom stereocenters. The van der Waals surface area contributed by atoms with Gasteiger partial charge in [0.25, 0.3) is 0 Å². The Morgan fingerprint density at radius 2 is 1.70 bits per heavy atom. The van der Waals surface area contributed by atoms with Gasteiger partial charge in [-0.25, -0.2) is 0 Å². The molecule has 1 aliphatic carbocycles. The van der Waals surface area contributed by atoms with Crippen LogP contribution in [0.2, 0.25) is 0 Å². The van der Waals surface area contributed by atoms with Gasteiger partial charge in [-0.2, -0.15) is 0 Å². The fourth-order valence-electron chi connectivity index (χ4n) is 2.49. The van der Waals surface area contributed by atoms with Crippen LogP contribution >= 0.6 is 0 Å². The van der Waals surface area contributed by atoms with Crippen LogP contribution in [0.15, 0.2) is 48.0 Å². The maximum atomic E-state index is 4.06. The summed E-state index contributed by atoms with van der Waals surface area (Å²) in [6.07, 6.45) is 14.1. The number of nitrogens with zero attached hydrogens (tertiary/aromatic N) is 1. The second kappa shape index (κ2) is 10.5. The van der Waals surface area contributed by atoms with Crippen molar-refractivity contribution in [3.63, 3.8) is 0 Å². The molecule has 1 heterocycles. The zero-order valence-corrected chi connectivity index (χ0v) is 14.4. The van der Waals surface area contributed by atoms with Crippen LogP contribution in [0.3, 0.4) is 0 Å². The summed E-state index contributed by atoms with van der Waals surface area (Å²) in [5, 5.41) is 0. The van der Waals surface area contributed by atoms with Crippen LogP contribution in [0, 0.1) is 5.92 Å². The first kappa shape index (κ1) is 18.8. The molecule has 1 saturated carbocycles. The summed E-state index contributed by atoms with van der Waals surface area (Å²) in [5.74, 6) is 0.799. The molecule has 0 N–H and O–H groups in total. The second-order valence-electron chi connectivity index (χ2n) is 4.96. The Morgan fingerprint density at radius 3 is 2.25 bits per heavy atom. The molecule has 0 aromatic heterocycles. The highest BCUT2D eigenvalue weighted by Gasteiger charge is 2.17. The van der Waals surface area contributed by atoms with Gasteiger partial charge in [0.1, 0.15) is 0 Å². The molecular weight excluding hydrogens is 242 g/mol. The Balaban J connectivity index is 0.000000829. The maximum Gasteiger partial charge on any atom is 0.0377 e. The van der Waals surface area contributed by atoms with Gasteiger partial charge in [-0.3, -0.25) is 0 Å². The van der Waals surface area contributed by atoms with E-state index >= 15 is 0 Å². The number of rotatable bonds is 2. The minimum Gasteiger partial charge on any atom is -0.324 e. The number of allylic oxidation sites excluding steroid dienone is 4. The van der Waals surface area contributed by atoms with Gasteiger partial charge in [0, 0.05) is 18.1 Å². The monoisotopic (exact) mass is 275 g/mol. The molecule has 0 bridgehead atoms. The molecular formula is C19H33N. The Hall–Kier alpha value is -1.24. The van der Waals surface area contributed by atoms with Gasteiger partial charge < -0.3 is 4.90 Å². The predicted molar refractivity (Wildman–Crippen MR) is 92.3 cm³/mol. The van der Waals surface area contributed by atoms with E-state index in [4.69, 9.17) is 0 Å². The van der Waals surface area contributed by atoms with Gasteiger partial charge in [0.15, 0.2) is 0 Å². The molecule has 2 aliphatic rings. The highest BCUT2D eigenvalue weighted by molar-refractivity contribution is 5.33. The molecule has 114 valence electrons. The van der Waals surface area contributed by atoms with E-state index in [1.165, 1.54) is 36.8 Å². The zero-order valence-electron chi connectivity index (χ0n) is 14.4. The van der Waals surface area contributed by atoms with Crippen LogP contribution in [-0.4, -0.2) is 4.90 Å². The summed E-state index contributed by atoms with van der Waals surface area (Å²) < 4.78 is 0. The largest absolute Gasteiger partial charge is 0.324 e. The minimum atomic E-state index is 0.799. The van der Waals surface area contributed by atoms with E-state index in [-0.39, 0.29) is 0 Å². The lowest BCUT2D eigenvalue weighted by Crippen LogP contribution is -2.12. The van der Waals surface area contributed by atoms with E-state index in [0.717, 1.165) is 11.6 Å². The van der Waals surface area contributed by atoms with Crippen molar-refractivity contribution >= 4 is 0 Å². The quantitative estimate of drug-likeness (QED) is 0.562. The van der Waals surface area contributed by atoms with Gasteiger partial charge in [0.2, 0.25) is 0 Å². The van der Waals surface area contributed by atoms with E-state index in [1.54, 1.807) is 0 Å². The first-order valence-corrected chi connectivity index (χ1v) is 8.19. The average Bonchev–Trinajstić information content (AvgIpc) is 3.01. The highest BCUT2D eigenvalue weighted by atomic mass is 15.1. The lowest BCUT2D eigenvalue weighted by atomic mass is 10.00. The summed E-state index contributed by atoms with van der Waals surface area (Å²) >= 11 is 0. The number of hydrogen-bond donors (Lipinski definition) is 0. The molecule has 0 radical (unpaired) electrons. The van der Waals surface area contributed by atoms with Gasteiger partial charge in [0.05, 0.1) is 0 Å². The van der Waals surface area contributed by atoms with Crippen molar-refractivity contribution in [2.24, 2.45) is 5.92 Å². The lowest BCUT2D eigenvalue weighted by Gasteiger charge is -2.22. The molecule has 0 unspecified atom stereocenters. The van der Waals surface area contributed by atoms with Gasteiger partial charge in [-0.15, -0.1) is 0 Å². The Kier molecular flexibility index (Phi) is 9.88. The summed E-state index contributed by atoms with van der Waals surface area (Å²) in [5.41, 5.74) is 3.84. The van der Waals surface area contributed by atoms with Gasteiger partial charge in [-0.1, -0.05) is 58.8 Å². The molecule has 0 aromatic rings. The second-order valence-corrected chi connectivity index (χ2v) is 4.96. The predicted octanol–water partition coefficient (Wildman–Crippen LogP) is 6.42. The van der Waals surface area contributed by atoms with Crippen LogP contribution in [0.1, 0.15) is 67.2 Å². The zero-order chi connectivity index (χ0) is 15.5. The fourth-order valence-corrected chi connectivity index (χ4v) is 2.49. The average molecular weight is 275 g/mol. The van der Waals surface area contributed by atoms with E-state index in [2.05, 4.69) is 49.9 Å². The standard InChI is InChI=1S/C15H21N.2C2H6/c1-12-8-9-14(3)16(10-12)11-13(2)15-6-4-5-7-15;2*1-2/h8-11,15H,3-7H2,1-2H3;2*1-2H3/b13-11+;;. The lowest BCUT2D eigenvalue weighted by molar-refractivity contribution is 0.585. The van der Waals surface area contributed by atoms with E-state index in [0.29, 0.717) is 0 Å². The van der Waals surface area contributed by atoms with Crippen molar-refractivity contribution in [1.29, 1.82) is 0 Å². The Bertz CT molecular complexity index is 365. The summed E-state index contributed by atoms with van der Waals surface area (Å²) in [6, 6.07) is 0. The fraction of sp³-hybridized carbons (Fsp3) is 0.579. The van der Waals surface area contributed by atoms with Crippen LogP contribution in [0.5, 0.6) is 0 Å². The molecule has 1 nitrogen and oxygen atoms in total. The van der Waals surface area contributed by atoms with Gasteiger partial charge in [-0.05, 0) is 44.3 Å². The van der Waals surface area contributed by atoms with Crippen LogP contribution < -0.4 is 0 Å². The minimum absolute atomic E-state index is 0.799. The Labute approximate surface area is 126 Å². The third-order valence-corrected chi connectivity index (χ3v) is 3.55. The van der Waals surface area contributed by atoms with Gasteiger partial charge >= 0.3 is 0 Å². The molecule has 0 saturated heterocycles. The maximum absolute atomic E-state index is 4.06. The van der Waals surface area contributed by atoms with Crippen LogP contribution in [0.25, 0.3) is 0 Å². The third-order valence-electron chi connectivity index (χ3n) is 3.55. The third kappa shape index (κ3) is 5.81. The molecule has 0 amide bonds. The first-order chi connectivity index (χ1) is 9.66. The molecule has 0 aromatic carbocycles. The van der Waals surface area contributed by atoms with E-state index in [9.17, 15) is 0 Å². The van der Waals surface area contributed by atoms with Crippen LogP contribution in [-0.2, 0) is 0 Å². The van der Waals surface area contributed by atoms with Crippen molar-refractivity contribution in [2.75, 3.05) is 0 Å². The molecule has 20 heavy (non-hydrogen) atoms. The van der Waals surface area contributed by atoms with E-state index < -0.39 is 0 Å². The molecule has 0 spiro atoms. The summed E-state index contributed by atoms with van der Waals surface area (Å²) in [4.78, 5) is 2.16. The van der Waals surface area contributed by atoms with Crippen molar-refractivity contribution in [1.82, 2.24) is 4.90 Å². The molecule has 1 heteroatoms. The molecule has 2 rings (SSSR count). The normalized spacial score (nSPS) is 18.9. The smallest absolute Gasteiger partial charge is 0.0377 e. The summed E-state index contributed by atoms with van der Waals surface area (Å²) in [7, 11) is 0. The van der Waals surface area contributed by atoms with Crippen molar-refractivity contribution < 1.29 is 0 Å². The summed E-state index contributed by atoms with van der Waals surface area (Å²) in [6.45, 7) is 16.4. The highest BCUT2D eigenvalue weighted by Crippen LogP contribution is 2.31. The number of hydrogen-bond acceptors (Lipinski definition) is 1. The molecule has 1 fully saturated rings. The van der Waals surface area contributed by atoms with Crippen LogP contribution in [0.4, 0.5) is 0 Å². The molecule has 1 aliphatic heterocycles. The van der Waals surface area contributed by atoms with Crippen molar-refractivity contribution in [3.8, 4) is 0 Å². The SMILES string of the molecule is C=C1C=CC(C)=CN1/C=C(\C)C1CCCC1.CC.CC. The topological polar surface area (TPSA) is 3.24 Å². The van der Waals surface area contributed by atoms with Crippen molar-refractivity contribution in [2.45, 2.75) is 67.2 Å².